The molecule has 0 radical (unpaired) electrons. The third kappa shape index (κ3) is 2.04. The average Bonchev–Trinajstić information content (AvgIpc) is 2.59. The summed E-state index contributed by atoms with van der Waals surface area (Å²) in [5.74, 6) is 0.292. The number of oxazole rings is 1. The molecule has 1 N–H and O–H groups in total. The Morgan fingerprint density at radius 3 is 2.93 bits per heavy atom. The van der Waals surface area contributed by atoms with E-state index in [4.69, 9.17) is 4.42 Å². The van der Waals surface area contributed by atoms with Gasteiger partial charge in [0.2, 0.25) is 0 Å². The van der Waals surface area contributed by atoms with E-state index in [1.165, 1.54) is 0 Å². The van der Waals surface area contributed by atoms with E-state index >= 15 is 0 Å². The zero-order chi connectivity index (χ0) is 10.8. The number of H-pyrrole nitrogens is 1. The third-order valence-electron chi connectivity index (χ3n) is 2.16. The van der Waals surface area contributed by atoms with Crippen LogP contribution in [0, 0.1) is 0 Å². The van der Waals surface area contributed by atoms with Crippen LogP contribution in [-0.4, -0.2) is 4.98 Å². The largest absolute Gasteiger partial charge is 0.416 e. The highest BCUT2D eigenvalue weighted by atomic mass is 79.9. The van der Waals surface area contributed by atoms with Crippen LogP contribution in [0.15, 0.2) is 37.9 Å². The number of aromatic amines is 1. The van der Waals surface area contributed by atoms with Gasteiger partial charge < -0.3 is 4.42 Å². The summed E-state index contributed by atoms with van der Waals surface area (Å²) >= 11 is 3.39. The van der Waals surface area contributed by atoms with Crippen molar-refractivity contribution in [3.05, 3.63) is 45.0 Å². The van der Waals surface area contributed by atoms with Crippen LogP contribution in [0.3, 0.4) is 0 Å². The molecule has 0 aliphatic heterocycles. The van der Waals surface area contributed by atoms with Crippen LogP contribution in [0.2, 0.25) is 0 Å². The highest BCUT2D eigenvalue weighted by molar-refractivity contribution is 9.10. The number of aryl methyl sites for hydroxylation is 1. The number of halogens is 1. The van der Waals surface area contributed by atoms with Gasteiger partial charge in [0, 0.05) is 16.5 Å². The lowest BCUT2D eigenvalue weighted by atomic mass is 10.1. The molecule has 15 heavy (non-hydrogen) atoms. The Morgan fingerprint density at radius 2 is 2.27 bits per heavy atom. The normalized spacial score (nSPS) is 10.5. The van der Waals surface area contributed by atoms with E-state index in [1.54, 1.807) is 0 Å². The molecule has 0 aliphatic rings. The van der Waals surface area contributed by atoms with Crippen LogP contribution in [0.25, 0.3) is 11.3 Å². The maximum Gasteiger partial charge on any atom is 0.416 e. The van der Waals surface area contributed by atoms with E-state index in [2.05, 4.69) is 20.9 Å². The zero-order valence-corrected chi connectivity index (χ0v) is 9.80. The first-order valence-electron chi connectivity index (χ1n) is 4.68. The van der Waals surface area contributed by atoms with Crippen LogP contribution >= 0.6 is 15.9 Å². The fourth-order valence-electron chi connectivity index (χ4n) is 1.49. The maximum absolute atomic E-state index is 11.1. The average molecular weight is 268 g/mol. The Bertz CT molecular complexity index is 527. The molecule has 4 heteroatoms. The van der Waals surface area contributed by atoms with Crippen molar-refractivity contribution in [2.24, 2.45) is 0 Å². The minimum absolute atomic E-state index is 0.401. The van der Waals surface area contributed by atoms with Gasteiger partial charge in [-0.15, -0.1) is 0 Å². The second-order valence-corrected chi connectivity index (χ2v) is 4.09. The lowest BCUT2D eigenvalue weighted by Gasteiger charge is -1.99. The minimum atomic E-state index is -0.401. The van der Waals surface area contributed by atoms with Crippen molar-refractivity contribution in [2.45, 2.75) is 13.3 Å². The molecule has 78 valence electrons. The molecule has 1 aromatic heterocycles. The van der Waals surface area contributed by atoms with Crippen LogP contribution in [0.4, 0.5) is 0 Å². The van der Waals surface area contributed by atoms with E-state index in [0.717, 1.165) is 15.7 Å². The summed E-state index contributed by atoms with van der Waals surface area (Å²) in [6.45, 7) is 1.95. The molecule has 2 rings (SSSR count). The summed E-state index contributed by atoms with van der Waals surface area (Å²) in [6, 6.07) is 7.74. The Labute approximate surface area is 95.3 Å². The van der Waals surface area contributed by atoms with Gasteiger partial charge in [-0.3, -0.25) is 4.98 Å². The topological polar surface area (TPSA) is 46.0 Å². The van der Waals surface area contributed by atoms with Crippen molar-refractivity contribution in [3.8, 4) is 11.3 Å². The Hall–Kier alpha value is -1.29. The molecule has 0 amide bonds. The third-order valence-corrected chi connectivity index (χ3v) is 2.65. The molecule has 0 spiro atoms. The maximum atomic E-state index is 11.1. The number of hydrogen-bond donors (Lipinski definition) is 1. The van der Waals surface area contributed by atoms with Gasteiger partial charge in [0.25, 0.3) is 0 Å². The summed E-state index contributed by atoms with van der Waals surface area (Å²) < 4.78 is 6.01. The lowest BCUT2D eigenvalue weighted by Crippen LogP contribution is -1.94. The fraction of sp³-hybridized carbons (Fsp3) is 0.182. The number of nitrogens with one attached hydrogen (secondary N) is 1. The molecular formula is C11H10BrNO2. The predicted molar refractivity (Wildman–Crippen MR) is 61.8 cm³/mol. The van der Waals surface area contributed by atoms with Crippen molar-refractivity contribution in [2.75, 3.05) is 0 Å². The standard InChI is InChI=1S/C11H10BrNO2/c1-2-9-10(13-11(14)15-9)7-4-3-5-8(12)6-7/h3-6H,2H2,1H3,(H,13,14). The molecule has 3 nitrogen and oxygen atoms in total. The molecule has 2 aromatic rings. The molecule has 0 aliphatic carbocycles. The first-order chi connectivity index (χ1) is 7.20. The summed E-state index contributed by atoms with van der Waals surface area (Å²) in [5, 5.41) is 0. The molecular weight excluding hydrogens is 258 g/mol. The predicted octanol–water partition coefficient (Wildman–Crippen LogP) is 2.96. The first-order valence-corrected chi connectivity index (χ1v) is 5.48. The van der Waals surface area contributed by atoms with Crippen molar-refractivity contribution in [3.63, 3.8) is 0 Å². The molecule has 0 fully saturated rings. The van der Waals surface area contributed by atoms with Crippen LogP contribution in [0.1, 0.15) is 12.7 Å². The van der Waals surface area contributed by atoms with Crippen molar-refractivity contribution in [1.82, 2.24) is 4.98 Å². The molecule has 0 bridgehead atoms. The van der Waals surface area contributed by atoms with Gasteiger partial charge in [-0.1, -0.05) is 35.0 Å². The van der Waals surface area contributed by atoms with Crippen molar-refractivity contribution in [1.29, 1.82) is 0 Å². The Morgan fingerprint density at radius 1 is 1.47 bits per heavy atom. The van der Waals surface area contributed by atoms with Gasteiger partial charge >= 0.3 is 5.76 Å². The quantitative estimate of drug-likeness (QED) is 0.910. The van der Waals surface area contributed by atoms with E-state index in [1.807, 2.05) is 31.2 Å². The summed E-state index contributed by atoms with van der Waals surface area (Å²) in [6.07, 6.45) is 0.695. The molecule has 0 saturated heterocycles. The zero-order valence-electron chi connectivity index (χ0n) is 8.21. The Kier molecular flexibility index (Phi) is 2.77. The van der Waals surface area contributed by atoms with Gasteiger partial charge in [0.1, 0.15) is 5.76 Å². The van der Waals surface area contributed by atoms with E-state index in [-0.39, 0.29) is 0 Å². The molecule has 0 unspecified atom stereocenters. The van der Waals surface area contributed by atoms with Gasteiger partial charge in [0.15, 0.2) is 0 Å². The fourth-order valence-corrected chi connectivity index (χ4v) is 1.89. The summed E-state index contributed by atoms with van der Waals surface area (Å²) in [5.41, 5.74) is 1.72. The van der Waals surface area contributed by atoms with Crippen LogP contribution in [-0.2, 0) is 6.42 Å². The molecule has 1 heterocycles. The van der Waals surface area contributed by atoms with E-state index in [9.17, 15) is 4.79 Å². The van der Waals surface area contributed by atoms with Crippen molar-refractivity contribution < 1.29 is 4.42 Å². The van der Waals surface area contributed by atoms with Gasteiger partial charge in [0.05, 0.1) is 5.69 Å². The lowest BCUT2D eigenvalue weighted by molar-refractivity contribution is 0.474. The number of rotatable bonds is 2. The monoisotopic (exact) mass is 267 g/mol. The van der Waals surface area contributed by atoms with E-state index in [0.29, 0.717) is 12.2 Å². The number of benzene rings is 1. The Balaban J connectivity index is 2.57. The minimum Gasteiger partial charge on any atom is -0.412 e. The number of aromatic nitrogens is 1. The highest BCUT2D eigenvalue weighted by Gasteiger charge is 2.09. The van der Waals surface area contributed by atoms with Crippen molar-refractivity contribution >= 4 is 15.9 Å². The smallest absolute Gasteiger partial charge is 0.412 e. The molecule has 0 saturated carbocycles. The van der Waals surface area contributed by atoms with Crippen LogP contribution in [0.5, 0.6) is 0 Å². The highest BCUT2D eigenvalue weighted by Crippen LogP contribution is 2.23. The second-order valence-electron chi connectivity index (χ2n) is 3.18. The van der Waals surface area contributed by atoms with Crippen LogP contribution < -0.4 is 5.76 Å². The SMILES string of the molecule is CCc1oc(=O)[nH]c1-c1cccc(Br)c1. The van der Waals surface area contributed by atoms with Gasteiger partial charge in [-0.05, 0) is 12.1 Å². The summed E-state index contributed by atoms with van der Waals surface area (Å²) in [4.78, 5) is 13.8. The molecule has 1 aromatic carbocycles. The summed E-state index contributed by atoms with van der Waals surface area (Å²) in [7, 11) is 0. The number of hydrogen-bond acceptors (Lipinski definition) is 2. The van der Waals surface area contributed by atoms with Gasteiger partial charge in [-0.2, -0.15) is 0 Å². The second kappa shape index (κ2) is 4.06. The van der Waals surface area contributed by atoms with Gasteiger partial charge in [-0.25, -0.2) is 4.79 Å². The molecule has 0 atom stereocenters. The van der Waals surface area contributed by atoms with E-state index < -0.39 is 5.76 Å². The first kappa shape index (κ1) is 10.2.